The molecule has 20 heavy (non-hydrogen) atoms. The molecule has 5 amide bonds. The summed E-state index contributed by atoms with van der Waals surface area (Å²) in [6.07, 6.45) is 2.91. The lowest BCUT2D eigenvalue weighted by Crippen LogP contribution is -2.59. The highest BCUT2D eigenvalue weighted by atomic mass is 16.2. The average molecular weight is 281 g/mol. The molecule has 1 saturated heterocycles. The molecule has 0 aromatic heterocycles. The molecule has 0 spiro atoms. The minimum Gasteiger partial charge on any atom is -0.354 e. The molecular formula is C13H19N3O4. The third-order valence-corrected chi connectivity index (χ3v) is 3.52. The molecule has 1 unspecified atom stereocenters. The van der Waals surface area contributed by atoms with Crippen LogP contribution >= 0.6 is 0 Å². The number of amides is 5. The van der Waals surface area contributed by atoms with Gasteiger partial charge in [0.2, 0.25) is 17.7 Å². The number of urea groups is 1. The van der Waals surface area contributed by atoms with Crippen molar-refractivity contribution in [2.75, 3.05) is 13.1 Å². The van der Waals surface area contributed by atoms with Crippen LogP contribution in [-0.2, 0) is 14.4 Å². The van der Waals surface area contributed by atoms with Crippen molar-refractivity contribution in [3.63, 3.8) is 0 Å². The van der Waals surface area contributed by atoms with Crippen molar-refractivity contribution in [2.24, 2.45) is 11.8 Å². The summed E-state index contributed by atoms with van der Waals surface area (Å²) in [5.74, 6) is -1.73. The van der Waals surface area contributed by atoms with Crippen molar-refractivity contribution < 1.29 is 19.2 Å². The number of imide groups is 2. The molecule has 1 aliphatic heterocycles. The topological polar surface area (TPSA) is 95.6 Å². The summed E-state index contributed by atoms with van der Waals surface area (Å²) in [6, 6.07) is -0.701. The summed E-state index contributed by atoms with van der Waals surface area (Å²) in [6.45, 7) is 2.19. The van der Waals surface area contributed by atoms with Gasteiger partial charge in [-0.2, -0.15) is 0 Å². The highest BCUT2D eigenvalue weighted by Crippen LogP contribution is 2.28. The molecule has 7 heteroatoms. The second-order valence-corrected chi connectivity index (χ2v) is 5.19. The Balaban J connectivity index is 1.87. The van der Waals surface area contributed by atoms with Gasteiger partial charge in [0.25, 0.3) is 0 Å². The van der Waals surface area contributed by atoms with Crippen LogP contribution in [0.15, 0.2) is 0 Å². The molecule has 0 aromatic rings. The number of carbonyl (C=O) groups is 4. The zero-order valence-electron chi connectivity index (χ0n) is 11.5. The van der Waals surface area contributed by atoms with Crippen LogP contribution in [0.1, 0.15) is 32.6 Å². The smallest absolute Gasteiger partial charge is 0.330 e. The first-order valence-corrected chi connectivity index (χ1v) is 6.98. The van der Waals surface area contributed by atoms with E-state index < -0.39 is 23.8 Å². The lowest BCUT2D eigenvalue weighted by Gasteiger charge is -2.30. The number of carbonyl (C=O) groups excluding carboxylic acids is 4. The van der Waals surface area contributed by atoms with Crippen LogP contribution in [0.4, 0.5) is 4.79 Å². The van der Waals surface area contributed by atoms with E-state index in [1.807, 2.05) is 6.92 Å². The second-order valence-electron chi connectivity index (χ2n) is 5.19. The van der Waals surface area contributed by atoms with E-state index in [2.05, 4.69) is 10.6 Å². The number of rotatable bonds is 6. The largest absolute Gasteiger partial charge is 0.354 e. The molecular weight excluding hydrogens is 262 g/mol. The molecule has 0 radical (unpaired) electrons. The number of nitrogens with one attached hydrogen (secondary N) is 2. The van der Waals surface area contributed by atoms with E-state index in [1.165, 1.54) is 0 Å². The van der Waals surface area contributed by atoms with E-state index in [-0.39, 0.29) is 24.9 Å². The normalized spacial score (nSPS) is 22.8. The maximum atomic E-state index is 12.1. The third-order valence-electron chi connectivity index (χ3n) is 3.52. The lowest BCUT2D eigenvalue weighted by molar-refractivity contribution is -0.143. The zero-order chi connectivity index (χ0) is 14.7. The summed E-state index contributed by atoms with van der Waals surface area (Å²) in [7, 11) is 0. The standard InChI is InChI=1S/C13H19N3O4/c1-2-3-9-11(18)15-13(20)16(12(9)19)7-6-14-10(17)8-4-5-8/h8-9H,2-7H2,1H3,(H,14,17)(H,15,18,20). The molecule has 1 aliphatic carbocycles. The fourth-order valence-electron chi connectivity index (χ4n) is 2.20. The maximum Gasteiger partial charge on any atom is 0.330 e. The Bertz CT molecular complexity index is 445. The van der Waals surface area contributed by atoms with Gasteiger partial charge in [-0.3, -0.25) is 24.6 Å². The van der Waals surface area contributed by atoms with Crippen molar-refractivity contribution in [1.82, 2.24) is 15.5 Å². The number of hydrogen-bond donors (Lipinski definition) is 2. The van der Waals surface area contributed by atoms with Crippen molar-refractivity contribution in [3.8, 4) is 0 Å². The summed E-state index contributed by atoms with van der Waals surface area (Å²) >= 11 is 0. The number of barbiturate groups is 1. The van der Waals surface area contributed by atoms with E-state index >= 15 is 0 Å². The minimum atomic E-state index is -0.795. The summed E-state index contributed by atoms with van der Waals surface area (Å²) in [5.41, 5.74) is 0. The Morgan fingerprint density at radius 1 is 1.35 bits per heavy atom. The molecule has 2 fully saturated rings. The van der Waals surface area contributed by atoms with Crippen molar-refractivity contribution in [1.29, 1.82) is 0 Å². The van der Waals surface area contributed by atoms with Gasteiger partial charge in [-0.1, -0.05) is 13.3 Å². The summed E-state index contributed by atoms with van der Waals surface area (Å²) in [5, 5.41) is 4.88. The highest BCUT2D eigenvalue weighted by Gasteiger charge is 2.39. The van der Waals surface area contributed by atoms with Gasteiger partial charge < -0.3 is 5.32 Å². The molecule has 1 atom stereocenters. The van der Waals surface area contributed by atoms with Crippen LogP contribution in [0.5, 0.6) is 0 Å². The van der Waals surface area contributed by atoms with Crippen LogP contribution in [-0.4, -0.2) is 41.7 Å². The Morgan fingerprint density at radius 2 is 2.05 bits per heavy atom. The van der Waals surface area contributed by atoms with E-state index in [4.69, 9.17) is 0 Å². The van der Waals surface area contributed by atoms with Crippen LogP contribution in [0.3, 0.4) is 0 Å². The predicted octanol–water partition coefficient (Wildman–Crippen LogP) is 0.00730. The Morgan fingerprint density at radius 3 is 2.65 bits per heavy atom. The molecule has 0 aromatic carbocycles. The first-order valence-electron chi connectivity index (χ1n) is 6.98. The molecule has 2 rings (SSSR count). The molecule has 2 N–H and O–H groups in total. The SMILES string of the molecule is CCCC1C(=O)NC(=O)N(CCNC(=O)C2CC2)C1=O. The second kappa shape index (κ2) is 6.02. The Hall–Kier alpha value is -1.92. The first kappa shape index (κ1) is 14.5. The van der Waals surface area contributed by atoms with Gasteiger partial charge in [-0.05, 0) is 19.3 Å². The van der Waals surface area contributed by atoms with Gasteiger partial charge in [-0.25, -0.2) is 4.79 Å². The number of nitrogens with zero attached hydrogens (tertiary/aromatic N) is 1. The summed E-state index contributed by atoms with van der Waals surface area (Å²) in [4.78, 5) is 47.8. The molecule has 0 bridgehead atoms. The summed E-state index contributed by atoms with van der Waals surface area (Å²) < 4.78 is 0. The first-order chi connectivity index (χ1) is 9.54. The van der Waals surface area contributed by atoms with Gasteiger partial charge >= 0.3 is 6.03 Å². The Kier molecular flexibility index (Phi) is 4.36. The zero-order valence-corrected chi connectivity index (χ0v) is 11.5. The van der Waals surface area contributed by atoms with Crippen molar-refractivity contribution in [3.05, 3.63) is 0 Å². The van der Waals surface area contributed by atoms with E-state index in [0.717, 1.165) is 17.7 Å². The number of hydrogen-bond acceptors (Lipinski definition) is 4. The Labute approximate surface area is 117 Å². The average Bonchev–Trinajstić information content (AvgIpc) is 3.22. The van der Waals surface area contributed by atoms with Crippen LogP contribution in [0, 0.1) is 11.8 Å². The fourth-order valence-corrected chi connectivity index (χ4v) is 2.20. The van der Waals surface area contributed by atoms with E-state index in [9.17, 15) is 19.2 Å². The monoisotopic (exact) mass is 281 g/mol. The molecule has 1 saturated carbocycles. The van der Waals surface area contributed by atoms with E-state index in [0.29, 0.717) is 12.8 Å². The predicted molar refractivity (Wildman–Crippen MR) is 69.4 cm³/mol. The van der Waals surface area contributed by atoms with Gasteiger partial charge in [0.05, 0.1) is 0 Å². The lowest BCUT2D eigenvalue weighted by atomic mass is 9.99. The fraction of sp³-hybridized carbons (Fsp3) is 0.692. The van der Waals surface area contributed by atoms with Crippen molar-refractivity contribution >= 4 is 23.8 Å². The van der Waals surface area contributed by atoms with Crippen LogP contribution in [0.25, 0.3) is 0 Å². The van der Waals surface area contributed by atoms with Gasteiger partial charge in [0, 0.05) is 19.0 Å². The van der Waals surface area contributed by atoms with Gasteiger partial charge in [0.1, 0.15) is 5.92 Å². The van der Waals surface area contributed by atoms with Gasteiger partial charge in [0.15, 0.2) is 0 Å². The molecule has 7 nitrogen and oxygen atoms in total. The molecule has 2 aliphatic rings. The van der Waals surface area contributed by atoms with Crippen molar-refractivity contribution in [2.45, 2.75) is 32.6 Å². The molecule has 1 heterocycles. The highest BCUT2D eigenvalue weighted by molar-refractivity contribution is 6.16. The third kappa shape index (κ3) is 3.15. The van der Waals surface area contributed by atoms with Crippen LogP contribution < -0.4 is 10.6 Å². The quantitative estimate of drug-likeness (QED) is 0.670. The maximum absolute atomic E-state index is 12.1. The minimum absolute atomic E-state index is 0.0314. The van der Waals surface area contributed by atoms with Gasteiger partial charge in [-0.15, -0.1) is 0 Å². The van der Waals surface area contributed by atoms with Crippen LogP contribution in [0.2, 0.25) is 0 Å². The van der Waals surface area contributed by atoms with E-state index in [1.54, 1.807) is 0 Å². The molecule has 110 valence electrons.